The average Bonchev–Trinajstić information content (AvgIpc) is 3.22. The summed E-state index contributed by atoms with van der Waals surface area (Å²) < 4.78 is 27.6. The van der Waals surface area contributed by atoms with Crippen LogP contribution in [-0.4, -0.2) is 27.1 Å². The molecule has 1 amide bonds. The predicted molar refractivity (Wildman–Crippen MR) is 117 cm³/mol. The largest absolute Gasteiger partial charge is 0.271 e. The first-order chi connectivity index (χ1) is 13.9. The van der Waals surface area contributed by atoms with Gasteiger partial charge in [-0.3, -0.25) is 9.10 Å². The Morgan fingerprint density at radius 3 is 2.48 bits per heavy atom. The number of aryl methyl sites for hydroxylation is 2. The lowest BCUT2D eigenvalue weighted by Gasteiger charge is -2.24. The van der Waals surface area contributed by atoms with Gasteiger partial charge in [0, 0.05) is 4.88 Å². The summed E-state index contributed by atoms with van der Waals surface area (Å²) in [7, 11) is -3.92. The van der Waals surface area contributed by atoms with E-state index in [1.54, 1.807) is 30.3 Å². The molecule has 0 saturated carbocycles. The second-order valence-corrected chi connectivity index (χ2v) is 9.24. The van der Waals surface area contributed by atoms with Crippen LogP contribution in [-0.2, 0) is 14.8 Å². The zero-order valence-electron chi connectivity index (χ0n) is 16.1. The van der Waals surface area contributed by atoms with E-state index >= 15 is 0 Å². The number of rotatable bonds is 7. The van der Waals surface area contributed by atoms with Crippen molar-refractivity contribution in [2.75, 3.05) is 10.8 Å². The molecule has 6 nitrogen and oxygen atoms in total. The molecule has 3 aromatic rings. The van der Waals surface area contributed by atoms with Gasteiger partial charge in [0.2, 0.25) is 0 Å². The Labute approximate surface area is 174 Å². The number of hydrogen-bond acceptors (Lipinski definition) is 5. The van der Waals surface area contributed by atoms with E-state index < -0.39 is 15.9 Å². The van der Waals surface area contributed by atoms with Crippen LogP contribution < -0.4 is 9.73 Å². The molecular weight excluding hydrogens is 406 g/mol. The van der Waals surface area contributed by atoms with Crippen LogP contribution in [0.2, 0.25) is 0 Å². The van der Waals surface area contributed by atoms with Gasteiger partial charge in [0.15, 0.2) is 0 Å². The lowest BCUT2D eigenvalue weighted by molar-refractivity contribution is -0.119. The Morgan fingerprint density at radius 2 is 1.83 bits per heavy atom. The Balaban J connectivity index is 1.88. The average molecular weight is 428 g/mol. The molecule has 3 rings (SSSR count). The molecule has 0 radical (unpaired) electrons. The second-order valence-electron chi connectivity index (χ2n) is 6.40. The molecule has 0 aliphatic rings. The molecule has 0 fully saturated rings. The number of nitrogens with one attached hydrogen (secondary N) is 1. The van der Waals surface area contributed by atoms with Gasteiger partial charge in [0.05, 0.1) is 16.8 Å². The van der Waals surface area contributed by atoms with E-state index in [-0.39, 0.29) is 11.4 Å². The van der Waals surface area contributed by atoms with Crippen LogP contribution in [0, 0.1) is 13.8 Å². The van der Waals surface area contributed by atoms with Crippen molar-refractivity contribution in [1.29, 1.82) is 0 Å². The van der Waals surface area contributed by atoms with E-state index in [2.05, 4.69) is 10.5 Å². The summed E-state index contributed by atoms with van der Waals surface area (Å²) >= 11 is 1.48. The first-order valence-corrected chi connectivity index (χ1v) is 11.2. The van der Waals surface area contributed by atoms with Crippen molar-refractivity contribution in [2.45, 2.75) is 18.7 Å². The maximum atomic E-state index is 13.2. The molecule has 0 unspecified atom stereocenters. The number of carbonyl (C=O) groups excluding carboxylic acids is 1. The molecule has 1 aromatic heterocycles. The van der Waals surface area contributed by atoms with Gasteiger partial charge in [0.25, 0.3) is 15.9 Å². The fourth-order valence-corrected chi connectivity index (χ4v) is 4.63. The van der Waals surface area contributed by atoms with Crippen LogP contribution in [0.1, 0.15) is 16.0 Å². The molecule has 1 N–H and O–H groups in total. The highest BCUT2D eigenvalue weighted by Crippen LogP contribution is 2.25. The first kappa shape index (κ1) is 20.8. The molecule has 150 valence electrons. The van der Waals surface area contributed by atoms with Crippen LogP contribution in [0.3, 0.4) is 0 Å². The normalized spacial score (nSPS) is 11.5. The van der Waals surface area contributed by atoms with Crippen molar-refractivity contribution in [3.8, 4) is 0 Å². The highest BCUT2D eigenvalue weighted by molar-refractivity contribution is 7.92. The maximum absolute atomic E-state index is 13.2. The lowest BCUT2D eigenvalue weighted by atomic mass is 10.1. The SMILES string of the molecule is Cc1ccc(N(CC(=O)N/N=C/c2cccs2)S(=O)(=O)c2ccccc2)cc1C. The number of hydrogen-bond donors (Lipinski definition) is 1. The van der Waals surface area contributed by atoms with E-state index in [4.69, 9.17) is 0 Å². The molecular formula is C21H21N3O3S2. The van der Waals surface area contributed by atoms with Crippen molar-refractivity contribution in [2.24, 2.45) is 5.10 Å². The standard InChI is InChI=1S/C21H21N3O3S2/c1-16-10-11-18(13-17(16)2)24(29(26,27)20-8-4-3-5-9-20)15-21(25)23-22-14-19-7-6-12-28-19/h3-14H,15H2,1-2H3,(H,23,25)/b22-14+. The lowest BCUT2D eigenvalue weighted by Crippen LogP contribution is -2.39. The molecule has 0 saturated heterocycles. The molecule has 29 heavy (non-hydrogen) atoms. The summed E-state index contributed by atoms with van der Waals surface area (Å²) in [6.45, 7) is 3.46. The molecule has 0 aliphatic heterocycles. The van der Waals surface area contributed by atoms with Crippen molar-refractivity contribution in [3.05, 3.63) is 82.0 Å². The van der Waals surface area contributed by atoms with Crippen molar-refractivity contribution >= 4 is 39.2 Å². The summed E-state index contributed by atoms with van der Waals surface area (Å²) in [5.41, 5.74) is 4.80. The predicted octanol–water partition coefficient (Wildman–Crippen LogP) is 3.71. The van der Waals surface area contributed by atoms with Crippen molar-refractivity contribution in [1.82, 2.24) is 5.43 Å². The third kappa shape index (κ3) is 5.10. The van der Waals surface area contributed by atoms with Gasteiger partial charge in [-0.1, -0.05) is 30.3 Å². The van der Waals surface area contributed by atoms with Gasteiger partial charge in [-0.2, -0.15) is 5.10 Å². The topological polar surface area (TPSA) is 78.8 Å². The van der Waals surface area contributed by atoms with E-state index in [1.165, 1.54) is 29.7 Å². The maximum Gasteiger partial charge on any atom is 0.264 e. The number of benzene rings is 2. The van der Waals surface area contributed by atoms with Crippen LogP contribution in [0.5, 0.6) is 0 Å². The summed E-state index contributed by atoms with van der Waals surface area (Å²) in [6.07, 6.45) is 1.52. The van der Waals surface area contributed by atoms with Crippen LogP contribution >= 0.6 is 11.3 Å². The van der Waals surface area contributed by atoms with E-state index in [1.807, 2.05) is 37.4 Å². The van der Waals surface area contributed by atoms with E-state index in [0.717, 1.165) is 20.3 Å². The molecule has 0 atom stereocenters. The first-order valence-electron chi connectivity index (χ1n) is 8.88. The summed E-state index contributed by atoms with van der Waals surface area (Å²) in [5.74, 6) is -0.532. The Hall–Kier alpha value is -2.97. The minimum atomic E-state index is -3.92. The number of amides is 1. The molecule has 0 bridgehead atoms. The second kappa shape index (κ2) is 9.02. The van der Waals surface area contributed by atoms with Crippen LogP contribution in [0.4, 0.5) is 5.69 Å². The highest BCUT2D eigenvalue weighted by atomic mass is 32.2. The number of carbonyl (C=O) groups is 1. The van der Waals surface area contributed by atoms with Crippen molar-refractivity contribution in [3.63, 3.8) is 0 Å². The quantitative estimate of drug-likeness (QED) is 0.461. The van der Waals surface area contributed by atoms with Crippen LogP contribution in [0.15, 0.2) is 76.0 Å². The smallest absolute Gasteiger partial charge is 0.264 e. The molecule has 2 aromatic carbocycles. The number of sulfonamides is 1. The fourth-order valence-electron chi connectivity index (χ4n) is 2.61. The minimum Gasteiger partial charge on any atom is -0.271 e. The third-order valence-corrected chi connectivity index (χ3v) is 6.92. The monoisotopic (exact) mass is 427 g/mol. The van der Waals surface area contributed by atoms with Gasteiger partial charge in [-0.25, -0.2) is 13.8 Å². The number of thiophene rings is 1. The minimum absolute atomic E-state index is 0.119. The fraction of sp³-hybridized carbons (Fsp3) is 0.143. The van der Waals surface area contributed by atoms with Gasteiger partial charge >= 0.3 is 0 Å². The summed E-state index contributed by atoms with van der Waals surface area (Å²) in [5, 5.41) is 5.81. The zero-order valence-corrected chi connectivity index (χ0v) is 17.7. The number of anilines is 1. The Morgan fingerprint density at radius 1 is 1.07 bits per heavy atom. The van der Waals surface area contributed by atoms with E-state index in [0.29, 0.717) is 5.69 Å². The van der Waals surface area contributed by atoms with Gasteiger partial charge in [0.1, 0.15) is 6.54 Å². The Kier molecular flexibility index (Phi) is 6.46. The molecule has 1 heterocycles. The van der Waals surface area contributed by atoms with Gasteiger partial charge in [-0.15, -0.1) is 11.3 Å². The van der Waals surface area contributed by atoms with Crippen LogP contribution in [0.25, 0.3) is 0 Å². The third-order valence-electron chi connectivity index (χ3n) is 4.32. The highest BCUT2D eigenvalue weighted by Gasteiger charge is 2.27. The molecule has 8 heteroatoms. The zero-order chi connectivity index (χ0) is 20.9. The van der Waals surface area contributed by atoms with E-state index in [9.17, 15) is 13.2 Å². The number of hydrazone groups is 1. The molecule has 0 spiro atoms. The van der Waals surface area contributed by atoms with Gasteiger partial charge in [-0.05, 0) is 60.7 Å². The molecule has 0 aliphatic carbocycles. The van der Waals surface area contributed by atoms with Crippen molar-refractivity contribution < 1.29 is 13.2 Å². The number of nitrogens with zero attached hydrogens (tertiary/aromatic N) is 2. The summed E-state index contributed by atoms with van der Waals surface area (Å²) in [6, 6.07) is 17.1. The Bertz CT molecular complexity index is 1110. The summed E-state index contributed by atoms with van der Waals surface area (Å²) in [4.78, 5) is 13.5. The van der Waals surface area contributed by atoms with Gasteiger partial charge < -0.3 is 0 Å².